The SMILES string of the molecule is Cc1cc2c(NCc3cccc(F)c3)nc(N3CCCC3)nc2[nH]1. The predicted octanol–water partition coefficient (Wildman–Crippen LogP) is 3.62. The predicted molar refractivity (Wildman–Crippen MR) is 93.8 cm³/mol. The van der Waals surface area contributed by atoms with E-state index in [0.29, 0.717) is 6.54 Å². The van der Waals surface area contributed by atoms with E-state index in [-0.39, 0.29) is 5.82 Å². The van der Waals surface area contributed by atoms with Crippen molar-refractivity contribution in [2.24, 2.45) is 0 Å². The average molecular weight is 325 g/mol. The molecule has 0 saturated carbocycles. The minimum Gasteiger partial charge on any atom is -0.365 e. The largest absolute Gasteiger partial charge is 0.365 e. The fourth-order valence-electron chi connectivity index (χ4n) is 3.15. The third kappa shape index (κ3) is 2.91. The molecule has 4 rings (SSSR count). The van der Waals surface area contributed by atoms with Gasteiger partial charge in [-0.1, -0.05) is 12.1 Å². The van der Waals surface area contributed by atoms with Gasteiger partial charge in [-0.2, -0.15) is 9.97 Å². The van der Waals surface area contributed by atoms with Crippen LogP contribution in [0.1, 0.15) is 24.1 Å². The first-order valence-electron chi connectivity index (χ1n) is 8.30. The van der Waals surface area contributed by atoms with E-state index in [1.54, 1.807) is 6.07 Å². The molecule has 0 spiro atoms. The number of halogens is 1. The zero-order chi connectivity index (χ0) is 16.5. The number of nitrogens with one attached hydrogen (secondary N) is 2. The normalized spacial score (nSPS) is 14.5. The summed E-state index contributed by atoms with van der Waals surface area (Å²) in [5, 5.41) is 4.31. The highest BCUT2D eigenvalue weighted by Gasteiger charge is 2.18. The molecule has 5 nitrogen and oxygen atoms in total. The molecule has 124 valence electrons. The van der Waals surface area contributed by atoms with Crippen LogP contribution in [0.4, 0.5) is 16.2 Å². The number of aromatic amines is 1. The van der Waals surface area contributed by atoms with Crippen LogP contribution in [0.15, 0.2) is 30.3 Å². The van der Waals surface area contributed by atoms with Crippen molar-refractivity contribution in [3.63, 3.8) is 0 Å². The molecule has 1 saturated heterocycles. The topological polar surface area (TPSA) is 56.8 Å². The molecule has 0 atom stereocenters. The summed E-state index contributed by atoms with van der Waals surface area (Å²) in [6.07, 6.45) is 2.36. The molecule has 1 aliphatic rings. The number of benzene rings is 1. The second-order valence-corrected chi connectivity index (χ2v) is 6.26. The highest BCUT2D eigenvalue weighted by Crippen LogP contribution is 2.26. The van der Waals surface area contributed by atoms with Crippen molar-refractivity contribution in [2.45, 2.75) is 26.3 Å². The van der Waals surface area contributed by atoms with Crippen molar-refractivity contribution in [3.05, 3.63) is 47.4 Å². The summed E-state index contributed by atoms with van der Waals surface area (Å²) in [4.78, 5) is 14.9. The molecule has 2 N–H and O–H groups in total. The van der Waals surface area contributed by atoms with E-state index in [2.05, 4.69) is 20.2 Å². The van der Waals surface area contributed by atoms with Gasteiger partial charge in [-0.3, -0.25) is 0 Å². The molecule has 0 radical (unpaired) electrons. The molecule has 24 heavy (non-hydrogen) atoms. The fraction of sp³-hybridized carbons (Fsp3) is 0.333. The molecule has 1 fully saturated rings. The summed E-state index contributed by atoms with van der Waals surface area (Å²) in [5.41, 5.74) is 2.77. The monoisotopic (exact) mass is 325 g/mol. The van der Waals surface area contributed by atoms with Gasteiger partial charge in [0.1, 0.15) is 17.3 Å². The first-order valence-corrected chi connectivity index (χ1v) is 8.30. The van der Waals surface area contributed by atoms with Gasteiger partial charge in [-0.05, 0) is 43.5 Å². The van der Waals surface area contributed by atoms with Crippen LogP contribution in [0.25, 0.3) is 11.0 Å². The molecule has 2 aromatic heterocycles. The van der Waals surface area contributed by atoms with Crippen LogP contribution in [0.5, 0.6) is 0 Å². The Balaban J connectivity index is 1.67. The fourth-order valence-corrected chi connectivity index (χ4v) is 3.15. The quantitative estimate of drug-likeness (QED) is 0.769. The molecule has 1 aromatic carbocycles. The van der Waals surface area contributed by atoms with Gasteiger partial charge in [-0.15, -0.1) is 0 Å². The van der Waals surface area contributed by atoms with E-state index in [0.717, 1.165) is 47.1 Å². The zero-order valence-electron chi connectivity index (χ0n) is 13.6. The van der Waals surface area contributed by atoms with Crippen molar-refractivity contribution in [3.8, 4) is 0 Å². The first-order chi connectivity index (χ1) is 11.7. The van der Waals surface area contributed by atoms with Gasteiger partial charge in [0.15, 0.2) is 0 Å². The zero-order valence-corrected chi connectivity index (χ0v) is 13.6. The van der Waals surface area contributed by atoms with Gasteiger partial charge in [0, 0.05) is 25.3 Å². The molecule has 0 amide bonds. The van der Waals surface area contributed by atoms with Crippen molar-refractivity contribution in [1.82, 2.24) is 15.0 Å². The Morgan fingerprint density at radius 3 is 2.83 bits per heavy atom. The molecule has 3 aromatic rings. The van der Waals surface area contributed by atoms with Crippen LogP contribution >= 0.6 is 0 Å². The Labute approximate surface area is 139 Å². The number of hydrogen-bond acceptors (Lipinski definition) is 4. The number of hydrogen-bond donors (Lipinski definition) is 2. The smallest absolute Gasteiger partial charge is 0.229 e. The van der Waals surface area contributed by atoms with Gasteiger partial charge in [-0.25, -0.2) is 4.39 Å². The van der Waals surface area contributed by atoms with Crippen LogP contribution in [-0.4, -0.2) is 28.0 Å². The number of rotatable bonds is 4. The highest BCUT2D eigenvalue weighted by atomic mass is 19.1. The Bertz CT molecular complexity index is 867. The number of H-pyrrole nitrogens is 1. The van der Waals surface area contributed by atoms with Gasteiger partial charge < -0.3 is 15.2 Å². The number of aryl methyl sites for hydroxylation is 1. The molecule has 1 aliphatic heterocycles. The molecule has 0 bridgehead atoms. The summed E-state index contributed by atoms with van der Waals surface area (Å²) in [6, 6.07) is 8.65. The number of anilines is 2. The van der Waals surface area contributed by atoms with Crippen LogP contribution < -0.4 is 10.2 Å². The van der Waals surface area contributed by atoms with E-state index < -0.39 is 0 Å². The molecular weight excluding hydrogens is 305 g/mol. The maximum Gasteiger partial charge on any atom is 0.229 e. The van der Waals surface area contributed by atoms with Crippen LogP contribution in [0.2, 0.25) is 0 Å². The Morgan fingerprint density at radius 1 is 1.21 bits per heavy atom. The first kappa shape index (κ1) is 14.9. The second-order valence-electron chi connectivity index (χ2n) is 6.26. The van der Waals surface area contributed by atoms with Crippen LogP contribution in [0.3, 0.4) is 0 Å². The molecule has 0 unspecified atom stereocenters. The summed E-state index contributed by atoms with van der Waals surface area (Å²) in [6.45, 7) is 4.52. The molecule has 3 heterocycles. The summed E-state index contributed by atoms with van der Waals surface area (Å²) >= 11 is 0. The van der Waals surface area contributed by atoms with Crippen molar-refractivity contribution < 1.29 is 4.39 Å². The lowest BCUT2D eigenvalue weighted by Crippen LogP contribution is -2.21. The summed E-state index contributed by atoms with van der Waals surface area (Å²) in [5.74, 6) is 1.32. The maximum absolute atomic E-state index is 13.4. The Kier molecular flexibility index (Phi) is 3.80. The summed E-state index contributed by atoms with van der Waals surface area (Å²) in [7, 11) is 0. The van der Waals surface area contributed by atoms with Crippen LogP contribution in [0, 0.1) is 12.7 Å². The lowest BCUT2D eigenvalue weighted by molar-refractivity contribution is 0.626. The van der Waals surface area contributed by atoms with Crippen molar-refractivity contribution in [1.29, 1.82) is 0 Å². The van der Waals surface area contributed by atoms with E-state index in [1.165, 1.54) is 25.0 Å². The van der Waals surface area contributed by atoms with E-state index in [4.69, 9.17) is 4.98 Å². The maximum atomic E-state index is 13.4. The Hall–Kier alpha value is -2.63. The molecular formula is C18H20FN5. The standard InChI is InChI=1S/C18H20FN5/c1-12-9-15-16(20-11-13-5-4-6-14(19)10-13)22-18(23-17(15)21-12)24-7-2-3-8-24/h4-6,9-10H,2-3,7-8,11H2,1H3,(H2,20,21,22,23). The lowest BCUT2D eigenvalue weighted by Gasteiger charge is -2.16. The highest BCUT2D eigenvalue weighted by molar-refractivity contribution is 5.89. The Morgan fingerprint density at radius 2 is 2.04 bits per heavy atom. The minimum absolute atomic E-state index is 0.225. The van der Waals surface area contributed by atoms with Gasteiger partial charge in [0.25, 0.3) is 0 Å². The van der Waals surface area contributed by atoms with Crippen molar-refractivity contribution >= 4 is 22.8 Å². The van der Waals surface area contributed by atoms with Crippen LogP contribution in [-0.2, 0) is 6.54 Å². The third-order valence-corrected chi connectivity index (χ3v) is 4.35. The number of fused-ring (bicyclic) bond motifs is 1. The lowest BCUT2D eigenvalue weighted by atomic mass is 10.2. The third-order valence-electron chi connectivity index (χ3n) is 4.35. The molecule has 0 aliphatic carbocycles. The average Bonchev–Trinajstić information content (AvgIpc) is 3.21. The van der Waals surface area contributed by atoms with Crippen molar-refractivity contribution in [2.75, 3.05) is 23.3 Å². The second kappa shape index (κ2) is 6.11. The minimum atomic E-state index is -0.225. The van der Waals surface area contributed by atoms with E-state index >= 15 is 0 Å². The summed E-state index contributed by atoms with van der Waals surface area (Å²) < 4.78 is 13.4. The molecule has 6 heteroatoms. The van der Waals surface area contributed by atoms with Gasteiger partial charge in [0.2, 0.25) is 5.95 Å². The number of aromatic nitrogens is 3. The van der Waals surface area contributed by atoms with E-state index in [9.17, 15) is 4.39 Å². The van der Waals surface area contributed by atoms with Gasteiger partial charge >= 0.3 is 0 Å². The van der Waals surface area contributed by atoms with Gasteiger partial charge in [0.05, 0.1) is 5.39 Å². The van der Waals surface area contributed by atoms with E-state index in [1.807, 2.05) is 19.1 Å². The number of nitrogens with zero attached hydrogens (tertiary/aromatic N) is 3.